The van der Waals surface area contributed by atoms with Gasteiger partial charge in [-0.2, -0.15) is 0 Å². The summed E-state index contributed by atoms with van der Waals surface area (Å²) in [5.41, 5.74) is 3.91. The third kappa shape index (κ3) is 5.88. The van der Waals surface area contributed by atoms with Gasteiger partial charge in [-0.15, -0.1) is 11.3 Å². The number of anilines is 2. The summed E-state index contributed by atoms with van der Waals surface area (Å²) in [6.07, 6.45) is 2.90. The van der Waals surface area contributed by atoms with Crippen LogP contribution in [0, 0.1) is 18.3 Å². The van der Waals surface area contributed by atoms with E-state index in [1.807, 2.05) is 31.2 Å². The van der Waals surface area contributed by atoms with Crippen LogP contribution in [0.3, 0.4) is 0 Å². The molecule has 1 aliphatic carbocycles. The second-order valence-corrected chi connectivity index (χ2v) is 12.1. The maximum atomic E-state index is 13.5. The molecule has 2 aromatic rings. The van der Waals surface area contributed by atoms with E-state index in [0.29, 0.717) is 23.0 Å². The molecule has 1 saturated heterocycles. The van der Waals surface area contributed by atoms with Gasteiger partial charge >= 0.3 is 0 Å². The molecule has 2 N–H and O–H groups in total. The van der Waals surface area contributed by atoms with E-state index in [1.165, 1.54) is 4.88 Å². The molecule has 1 fully saturated rings. The molecule has 2 amide bonds. The number of likely N-dealkylation sites (N-methyl/N-ethyl adjacent to an activating group) is 1. The zero-order valence-electron chi connectivity index (χ0n) is 21.2. The van der Waals surface area contributed by atoms with Crippen molar-refractivity contribution in [2.45, 2.75) is 47.0 Å². The van der Waals surface area contributed by atoms with Gasteiger partial charge in [0.2, 0.25) is 5.91 Å². The lowest BCUT2D eigenvalue weighted by molar-refractivity contribution is -0.117. The molecule has 1 atom stereocenters. The van der Waals surface area contributed by atoms with Gasteiger partial charge in [-0.25, -0.2) is 0 Å². The smallest absolute Gasteiger partial charge is 0.258 e. The lowest BCUT2D eigenvalue weighted by Gasteiger charge is -2.33. The van der Waals surface area contributed by atoms with Gasteiger partial charge in [0.1, 0.15) is 5.00 Å². The van der Waals surface area contributed by atoms with Crippen LogP contribution in [-0.2, 0) is 17.6 Å². The van der Waals surface area contributed by atoms with Crippen molar-refractivity contribution in [3.63, 3.8) is 0 Å². The lowest BCUT2D eigenvalue weighted by Crippen LogP contribution is -2.47. The topological polar surface area (TPSA) is 64.7 Å². The summed E-state index contributed by atoms with van der Waals surface area (Å²) in [6, 6.07) is 7.83. The molecule has 0 spiro atoms. The molecule has 0 radical (unpaired) electrons. The average molecular weight is 483 g/mol. The number of hydrogen-bond donors (Lipinski definition) is 2. The number of benzene rings is 1. The highest BCUT2D eigenvalue weighted by Crippen LogP contribution is 2.44. The van der Waals surface area contributed by atoms with Crippen LogP contribution < -0.4 is 10.6 Å². The fourth-order valence-corrected chi connectivity index (χ4v) is 6.20. The van der Waals surface area contributed by atoms with Crippen LogP contribution in [0.1, 0.15) is 53.6 Å². The Morgan fingerprint density at radius 1 is 1.06 bits per heavy atom. The first kappa shape index (κ1) is 24.9. The number of fused-ring (bicyclic) bond motifs is 1. The summed E-state index contributed by atoms with van der Waals surface area (Å²) >= 11 is 1.59. The zero-order chi connectivity index (χ0) is 24.5. The van der Waals surface area contributed by atoms with Gasteiger partial charge in [-0.3, -0.25) is 14.5 Å². The quantitative estimate of drug-likeness (QED) is 0.651. The average Bonchev–Trinajstić information content (AvgIpc) is 3.13. The number of rotatable bonds is 5. The Hall–Kier alpha value is -2.22. The molecule has 34 heavy (non-hydrogen) atoms. The van der Waals surface area contributed by atoms with Gasteiger partial charge in [0.25, 0.3) is 5.91 Å². The first-order chi connectivity index (χ1) is 16.1. The van der Waals surface area contributed by atoms with Crippen molar-refractivity contribution in [2.75, 3.05) is 50.4 Å². The van der Waals surface area contributed by atoms with Crippen LogP contribution in [0.15, 0.2) is 24.3 Å². The molecule has 2 heterocycles. The summed E-state index contributed by atoms with van der Waals surface area (Å²) in [7, 11) is 2.11. The van der Waals surface area contributed by atoms with Crippen LogP contribution in [0.2, 0.25) is 0 Å². The van der Waals surface area contributed by atoms with E-state index in [-0.39, 0.29) is 17.2 Å². The number of thiophene rings is 1. The van der Waals surface area contributed by atoms with Gasteiger partial charge in [0.15, 0.2) is 0 Å². The fourth-order valence-electron chi connectivity index (χ4n) is 4.86. The molecule has 1 aromatic carbocycles. The molecular formula is C27H38N4O2S. The Bertz CT molecular complexity index is 1030. The predicted octanol–water partition coefficient (Wildman–Crippen LogP) is 4.65. The third-order valence-corrected chi connectivity index (χ3v) is 8.41. The Kier molecular flexibility index (Phi) is 7.45. The normalized spacial score (nSPS) is 19.5. The summed E-state index contributed by atoms with van der Waals surface area (Å²) in [4.78, 5) is 32.2. The first-order valence-corrected chi connectivity index (χ1v) is 13.1. The third-order valence-electron chi connectivity index (χ3n) is 7.24. The van der Waals surface area contributed by atoms with Crippen molar-refractivity contribution in [1.82, 2.24) is 9.80 Å². The second kappa shape index (κ2) is 10.2. The van der Waals surface area contributed by atoms with E-state index < -0.39 is 0 Å². The van der Waals surface area contributed by atoms with Crippen molar-refractivity contribution in [2.24, 2.45) is 11.3 Å². The molecule has 2 aliphatic rings. The summed E-state index contributed by atoms with van der Waals surface area (Å²) in [5, 5.41) is 6.88. The van der Waals surface area contributed by atoms with E-state index >= 15 is 0 Å². The van der Waals surface area contributed by atoms with Gasteiger partial charge in [-0.1, -0.05) is 38.5 Å². The number of piperazine rings is 1. The second-order valence-electron chi connectivity index (χ2n) is 11.0. The molecule has 1 aromatic heterocycles. The maximum Gasteiger partial charge on any atom is 0.258 e. The van der Waals surface area contributed by atoms with E-state index in [4.69, 9.17) is 0 Å². The number of hydrogen-bond acceptors (Lipinski definition) is 5. The van der Waals surface area contributed by atoms with Crippen LogP contribution in [-0.4, -0.2) is 61.4 Å². The largest absolute Gasteiger partial charge is 0.322 e. The molecule has 0 unspecified atom stereocenters. The zero-order valence-corrected chi connectivity index (χ0v) is 22.0. The Morgan fingerprint density at radius 2 is 1.74 bits per heavy atom. The molecular weight excluding hydrogens is 444 g/mol. The monoisotopic (exact) mass is 482 g/mol. The minimum absolute atomic E-state index is 0.0418. The Balaban J connectivity index is 1.56. The number of amides is 2. The van der Waals surface area contributed by atoms with Crippen molar-refractivity contribution < 1.29 is 9.59 Å². The first-order valence-electron chi connectivity index (χ1n) is 12.3. The van der Waals surface area contributed by atoms with Gasteiger partial charge in [0, 0.05) is 36.7 Å². The molecule has 7 heteroatoms. The highest BCUT2D eigenvalue weighted by atomic mass is 32.1. The van der Waals surface area contributed by atoms with Gasteiger partial charge < -0.3 is 15.5 Å². The molecule has 0 saturated carbocycles. The number of carbonyl (C=O) groups is 2. The maximum absolute atomic E-state index is 13.5. The van der Waals surface area contributed by atoms with Crippen molar-refractivity contribution in [3.05, 3.63) is 45.8 Å². The standard InChI is InChI=1S/C27H38N4O2S/c1-18-6-9-20(10-7-18)28-25(33)24-21-11-8-19(27(2,3)4)16-22(21)34-26(24)29-23(32)17-31-14-12-30(5)13-15-31/h6-7,9-10,19H,8,11-17H2,1-5H3,(H,28,33)(H,29,32)/t19-/m1/s1. The highest BCUT2D eigenvalue weighted by molar-refractivity contribution is 7.17. The number of nitrogens with one attached hydrogen (secondary N) is 2. The van der Waals surface area contributed by atoms with Crippen LogP contribution in [0.4, 0.5) is 10.7 Å². The number of aryl methyl sites for hydroxylation is 1. The van der Waals surface area contributed by atoms with Crippen LogP contribution in [0.25, 0.3) is 0 Å². The molecule has 4 rings (SSSR count). The molecule has 0 bridgehead atoms. The van der Waals surface area contributed by atoms with Crippen molar-refractivity contribution >= 4 is 33.8 Å². The van der Waals surface area contributed by atoms with E-state index in [2.05, 4.69) is 48.3 Å². The van der Waals surface area contributed by atoms with E-state index in [1.54, 1.807) is 11.3 Å². The minimum Gasteiger partial charge on any atom is -0.322 e. The molecule has 6 nitrogen and oxygen atoms in total. The predicted molar refractivity (Wildman–Crippen MR) is 141 cm³/mol. The van der Waals surface area contributed by atoms with Crippen LogP contribution in [0.5, 0.6) is 0 Å². The fraction of sp³-hybridized carbons (Fsp3) is 0.556. The SMILES string of the molecule is Cc1ccc(NC(=O)c2c(NC(=O)CN3CCN(C)CC3)sc3c2CC[C@@H](C(C)(C)C)C3)cc1. The van der Waals surface area contributed by atoms with E-state index in [9.17, 15) is 9.59 Å². The number of carbonyl (C=O) groups excluding carboxylic acids is 2. The van der Waals surface area contributed by atoms with Crippen LogP contribution >= 0.6 is 11.3 Å². The Morgan fingerprint density at radius 3 is 2.38 bits per heavy atom. The van der Waals surface area contributed by atoms with Gasteiger partial charge in [-0.05, 0) is 62.3 Å². The summed E-state index contributed by atoms with van der Waals surface area (Å²) < 4.78 is 0. The van der Waals surface area contributed by atoms with Gasteiger partial charge in [0.05, 0.1) is 12.1 Å². The number of nitrogens with zero attached hydrogens (tertiary/aromatic N) is 2. The molecule has 1 aliphatic heterocycles. The molecule has 184 valence electrons. The minimum atomic E-state index is -0.134. The highest BCUT2D eigenvalue weighted by Gasteiger charge is 2.34. The summed E-state index contributed by atoms with van der Waals surface area (Å²) in [6.45, 7) is 13.0. The van der Waals surface area contributed by atoms with Crippen molar-refractivity contribution in [1.29, 1.82) is 0 Å². The summed E-state index contributed by atoms with van der Waals surface area (Å²) in [5.74, 6) is 0.394. The van der Waals surface area contributed by atoms with E-state index in [0.717, 1.165) is 62.3 Å². The van der Waals surface area contributed by atoms with Crippen molar-refractivity contribution in [3.8, 4) is 0 Å². The Labute approximate surface area is 207 Å². The lowest BCUT2D eigenvalue weighted by atomic mass is 9.72.